The molecule has 38 heavy (non-hydrogen) atoms. The predicted molar refractivity (Wildman–Crippen MR) is 154 cm³/mol. The number of rotatable bonds is 6. The van der Waals surface area contributed by atoms with Crippen LogP contribution in [0.25, 0.3) is 45.2 Å². The molecule has 6 heteroatoms. The highest BCUT2D eigenvalue weighted by molar-refractivity contribution is 7.90. The molecule has 2 heterocycles. The van der Waals surface area contributed by atoms with Gasteiger partial charge in [-0.3, -0.25) is 0 Å². The van der Waals surface area contributed by atoms with Crippen LogP contribution in [0.15, 0.2) is 120 Å². The minimum absolute atomic E-state index is 0.213. The van der Waals surface area contributed by atoms with Crippen LogP contribution in [0, 0.1) is 0 Å². The Morgan fingerprint density at radius 1 is 0.763 bits per heavy atom. The number of hydrogen-bond donors (Lipinski definition) is 0. The molecular weight excluding hydrogens is 492 g/mol. The molecule has 0 bridgehead atoms. The molecule has 2 aromatic heterocycles. The largest absolute Gasteiger partial charge is 0.497 e. The lowest BCUT2D eigenvalue weighted by molar-refractivity contribution is 0.415. The Kier molecular flexibility index (Phi) is 6.02. The van der Waals surface area contributed by atoms with Crippen LogP contribution in [-0.4, -0.2) is 24.5 Å². The fourth-order valence-electron chi connectivity index (χ4n) is 4.72. The summed E-state index contributed by atoms with van der Waals surface area (Å²) in [5.41, 5.74) is 4.89. The van der Waals surface area contributed by atoms with Gasteiger partial charge in [0.1, 0.15) is 5.75 Å². The molecule has 0 aliphatic rings. The molecular formula is C32H24N2O3S. The summed E-state index contributed by atoms with van der Waals surface area (Å²) < 4.78 is 34.5. The molecule has 0 aliphatic carbocycles. The second-order valence-corrected chi connectivity index (χ2v) is 10.7. The molecule has 0 atom stereocenters. The Morgan fingerprint density at radius 3 is 2.16 bits per heavy atom. The van der Waals surface area contributed by atoms with E-state index >= 15 is 0 Å². The number of hydrogen-bond acceptors (Lipinski definition) is 4. The van der Waals surface area contributed by atoms with Crippen LogP contribution in [0.5, 0.6) is 5.75 Å². The van der Waals surface area contributed by atoms with Crippen molar-refractivity contribution in [2.45, 2.75) is 4.90 Å². The number of methoxy groups -OCH3 is 1. The summed E-state index contributed by atoms with van der Waals surface area (Å²) in [6.45, 7) is 0. The molecule has 0 N–H and O–H groups in total. The summed E-state index contributed by atoms with van der Waals surface area (Å²) in [5.74, 6) is 0.776. The lowest BCUT2D eigenvalue weighted by atomic mass is 10.0. The van der Waals surface area contributed by atoms with Gasteiger partial charge in [0, 0.05) is 17.0 Å². The third-order valence-electron chi connectivity index (χ3n) is 6.60. The molecule has 0 saturated carbocycles. The minimum atomic E-state index is -3.91. The van der Waals surface area contributed by atoms with E-state index in [0.717, 1.165) is 38.8 Å². The van der Waals surface area contributed by atoms with E-state index in [1.54, 1.807) is 43.6 Å². The second kappa shape index (κ2) is 9.65. The molecule has 6 aromatic rings. The van der Waals surface area contributed by atoms with Gasteiger partial charge in [0.15, 0.2) is 5.65 Å². The Morgan fingerprint density at radius 2 is 1.45 bits per heavy atom. The lowest BCUT2D eigenvalue weighted by Gasteiger charge is -2.09. The molecule has 0 saturated heterocycles. The van der Waals surface area contributed by atoms with Crippen molar-refractivity contribution in [2.75, 3.05) is 7.11 Å². The molecule has 0 aliphatic heterocycles. The molecule has 5 nitrogen and oxygen atoms in total. The van der Waals surface area contributed by atoms with Crippen LogP contribution in [0.4, 0.5) is 0 Å². The molecule has 186 valence electrons. The van der Waals surface area contributed by atoms with Gasteiger partial charge in [-0.25, -0.2) is 17.4 Å². The molecule has 0 fully saturated rings. The van der Waals surface area contributed by atoms with Gasteiger partial charge in [-0.15, -0.1) is 0 Å². The summed E-state index contributed by atoms with van der Waals surface area (Å²) in [7, 11) is -2.27. The zero-order valence-electron chi connectivity index (χ0n) is 20.7. The summed E-state index contributed by atoms with van der Waals surface area (Å²) in [4.78, 5) is 4.80. The first-order valence-electron chi connectivity index (χ1n) is 12.2. The normalized spacial score (nSPS) is 11.9. The first-order valence-corrected chi connectivity index (χ1v) is 13.6. The summed E-state index contributed by atoms with van der Waals surface area (Å²) in [5, 5.41) is 1.60. The van der Waals surface area contributed by atoms with E-state index in [9.17, 15) is 8.42 Å². The first-order chi connectivity index (χ1) is 18.6. The second-order valence-electron chi connectivity index (χ2n) is 8.89. The van der Waals surface area contributed by atoms with Crippen molar-refractivity contribution in [3.05, 3.63) is 127 Å². The van der Waals surface area contributed by atoms with E-state index in [1.807, 2.05) is 91.0 Å². The Balaban J connectivity index is 1.63. The Hall–Kier alpha value is -4.68. The summed E-state index contributed by atoms with van der Waals surface area (Å²) in [6, 6.07) is 34.1. The van der Waals surface area contributed by atoms with Crippen molar-refractivity contribution in [3.63, 3.8) is 0 Å². The van der Waals surface area contributed by atoms with Crippen molar-refractivity contribution in [3.8, 4) is 16.9 Å². The highest BCUT2D eigenvalue weighted by atomic mass is 32.2. The number of pyridine rings is 1. The third-order valence-corrected chi connectivity index (χ3v) is 8.32. The highest BCUT2D eigenvalue weighted by Gasteiger charge is 2.25. The van der Waals surface area contributed by atoms with Gasteiger partial charge in [-0.05, 0) is 64.7 Å². The average molecular weight is 517 g/mol. The monoisotopic (exact) mass is 516 g/mol. The molecule has 0 amide bonds. The van der Waals surface area contributed by atoms with Gasteiger partial charge in [-0.1, -0.05) is 78.9 Å². The topological polar surface area (TPSA) is 61.2 Å². The van der Waals surface area contributed by atoms with Crippen LogP contribution in [0.1, 0.15) is 11.1 Å². The number of benzene rings is 4. The third kappa shape index (κ3) is 4.15. The van der Waals surface area contributed by atoms with Gasteiger partial charge in [0.25, 0.3) is 10.0 Å². The van der Waals surface area contributed by atoms with Gasteiger partial charge in [-0.2, -0.15) is 0 Å². The minimum Gasteiger partial charge on any atom is -0.497 e. The van der Waals surface area contributed by atoms with Crippen LogP contribution in [0.3, 0.4) is 0 Å². The van der Waals surface area contributed by atoms with Crippen molar-refractivity contribution >= 4 is 44.1 Å². The van der Waals surface area contributed by atoms with Crippen LogP contribution in [-0.2, 0) is 10.0 Å². The maximum absolute atomic E-state index is 13.9. The van der Waals surface area contributed by atoms with Gasteiger partial charge < -0.3 is 4.74 Å². The van der Waals surface area contributed by atoms with Crippen LogP contribution < -0.4 is 4.74 Å². The van der Waals surface area contributed by atoms with E-state index in [-0.39, 0.29) is 4.90 Å². The number of fused-ring (bicyclic) bond motifs is 3. The van der Waals surface area contributed by atoms with Crippen molar-refractivity contribution < 1.29 is 13.2 Å². The van der Waals surface area contributed by atoms with Gasteiger partial charge in [0.2, 0.25) is 0 Å². The quantitative estimate of drug-likeness (QED) is 0.234. The molecule has 6 rings (SSSR count). The molecule has 0 spiro atoms. The summed E-state index contributed by atoms with van der Waals surface area (Å²) >= 11 is 0. The first kappa shape index (κ1) is 23.7. The van der Waals surface area contributed by atoms with E-state index in [4.69, 9.17) is 4.74 Å². The SMILES string of the molecule is COc1ccc(-c2ccc3c(c2)c2c(C=Cc4ccccc4)ccnc2n3S(=O)(=O)c2ccccc2)cc1. The van der Waals surface area contributed by atoms with Gasteiger partial charge in [0.05, 0.1) is 17.5 Å². The van der Waals surface area contributed by atoms with E-state index in [0.29, 0.717) is 11.2 Å². The van der Waals surface area contributed by atoms with Gasteiger partial charge >= 0.3 is 0 Å². The maximum Gasteiger partial charge on any atom is 0.269 e. The van der Waals surface area contributed by atoms with Crippen LogP contribution >= 0.6 is 0 Å². The predicted octanol–water partition coefficient (Wildman–Crippen LogP) is 7.27. The number of nitrogens with zero attached hydrogens (tertiary/aromatic N) is 2. The number of ether oxygens (including phenoxy) is 1. The molecule has 0 unspecified atom stereocenters. The van der Waals surface area contributed by atoms with Crippen molar-refractivity contribution in [1.29, 1.82) is 0 Å². The van der Waals surface area contributed by atoms with E-state index < -0.39 is 10.0 Å². The standard InChI is InChI=1S/C32H24N2O3S/c1-37-27-17-14-24(15-18-27)26-16-19-30-29(22-26)31-25(13-12-23-8-4-2-5-9-23)20-21-33-32(31)34(30)38(35,36)28-10-6-3-7-11-28/h2-22H,1H3. The van der Waals surface area contributed by atoms with E-state index in [1.165, 1.54) is 3.97 Å². The fraction of sp³-hybridized carbons (Fsp3) is 0.0312. The highest BCUT2D eigenvalue weighted by Crippen LogP contribution is 2.37. The van der Waals surface area contributed by atoms with Crippen molar-refractivity contribution in [1.82, 2.24) is 8.96 Å². The maximum atomic E-state index is 13.9. The summed E-state index contributed by atoms with van der Waals surface area (Å²) in [6.07, 6.45) is 5.70. The molecule has 4 aromatic carbocycles. The zero-order chi connectivity index (χ0) is 26.1. The smallest absolute Gasteiger partial charge is 0.269 e. The lowest BCUT2D eigenvalue weighted by Crippen LogP contribution is -2.13. The van der Waals surface area contributed by atoms with Crippen LogP contribution in [0.2, 0.25) is 0 Å². The number of aromatic nitrogens is 2. The average Bonchev–Trinajstić information content (AvgIpc) is 3.32. The van der Waals surface area contributed by atoms with Crippen molar-refractivity contribution in [2.24, 2.45) is 0 Å². The Labute approximate surface area is 221 Å². The molecule has 0 radical (unpaired) electrons. The zero-order valence-corrected chi connectivity index (χ0v) is 21.5. The van der Waals surface area contributed by atoms with E-state index in [2.05, 4.69) is 4.98 Å². The Bertz CT molecular complexity index is 1890. The fourth-order valence-corrected chi connectivity index (χ4v) is 6.21.